The largest absolute Gasteiger partial charge is 0.530 e. The maximum Gasteiger partial charge on any atom is 0.530 e. The molecule has 172 valence electrons. The Kier molecular flexibility index (Phi) is 9.71. The lowest BCUT2D eigenvalue weighted by Crippen LogP contribution is -2.34. The molecule has 1 aromatic rings. The molecule has 16 heteroatoms. The van der Waals surface area contributed by atoms with Crippen LogP contribution in [-0.2, 0) is 18.1 Å². The van der Waals surface area contributed by atoms with Crippen LogP contribution in [-0.4, -0.2) is 37.9 Å². The van der Waals surface area contributed by atoms with Crippen LogP contribution in [0.15, 0.2) is 23.7 Å². The average Bonchev–Trinajstić information content (AvgIpc) is 2.65. The number of phosphoric acid groups is 1. The molecule has 0 aliphatic rings. The number of hydrogen-bond donors (Lipinski definition) is 0. The summed E-state index contributed by atoms with van der Waals surface area (Å²) in [5.41, 5.74) is 0.350. The van der Waals surface area contributed by atoms with Gasteiger partial charge in [-0.25, -0.2) is 22.1 Å². The number of halogens is 11. The summed E-state index contributed by atoms with van der Waals surface area (Å²) >= 11 is 16.9. The molecule has 4 nitrogen and oxygen atoms in total. The predicted octanol–water partition coefficient (Wildman–Crippen LogP) is 7.49. The van der Waals surface area contributed by atoms with Gasteiger partial charge in [-0.15, -0.1) is 0 Å². The van der Waals surface area contributed by atoms with Crippen LogP contribution in [0.2, 0.25) is 10.0 Å². The molecule has 0 fully saturated rings. The summed E-state index contributed by atoms with van der Waals surface area (Å²) in [6, 6.07) is 3.35. The van der Waals surface area contributed by atoms with Crippen LogP contribution in [0.25, 0.3) is 5.76 Å². The smallest absolute Gasteiger partial charge is 0.402 e. The van der Waals surface area contributed by atoms with Gasteiger partial charge in [0.2, 0.25) is 0 Å². The van der Waals surface area contributed by atoms with Gasteiger partial charge in [0.25, 0.3) is 0 Å². The molecular formula is C14H10Cl3F8O4P. The highest BCUT2D eigenvalue weighted by molar-refractivity contribution is 7.48. The highest BCUT2D eigenvalue weighted by atomic mass is 35.5. The van der Waals surface area contributed by atoms with Crippen molar-refractivity contribution in [3.05, 3.63) is 39.3 Å². The molecule has 0 spiro atoms. The summed E-state index contributed by atoms with van der Waals surface area (Å²) in [7, 11) is -5.61. The molecule has 0 saturated carbocycles. The van der Waals surface area contributed by atoms with E-state index in [9.17, 15) is 39.7 Å². The topological polar surface area (TPSA) is 44.8 Å². The zero-order chi connectivity index (χ0) is 23.3. The van der Waals surface area contributed by atoms with Crippen LogP contribution < -0.4 is 0 Å². The summed E-state index contributed by atoms with van der Waals surface area (Å²) in [4.78, 5) is 0. The molecule has 0 radical (unpaired) electrons. The number of hydrogen-bond acceptors (Lipinski definition) is 4. The summed E-state index contributed by atoms with van der Waals surface area (Å²) in [5.74, 6) is -10.5. The molecule has 0 N–H and O–H groups in total. The second-order valence-corrected chi connectivity index (χ2v) is 7.94. The third kappa shape index (κ3) is 7.72. The second-order valence-electron chi connectivity index (χ2n) is 5.31. The number of benzene rings is 1. The van der Waals surface area contributed by atoms with E-state index >= 15 is 0 Å². The van der Waals surface area contributed by atoms with Gasteiger partial charge in [-0.2, -0.15) is 17.6 Å². The van der Waals surface area contributed by atoms with E-state index in [2.05, 4.69) is 13.6 Å². The van der Waals surface area contributed by atoms with E-state index in [1.165, 1.54) is 6.07 Å². The van der Waals surface area contributed by atoms with E-state index in [0.717, 1.165) is 12.1 Å². The Balaban J connectivity index is 3.17. The summed E-state index contributed by atoms with van der Waals surface area (Å²) in [6.45, 7) is -4.64. The fourth-order valence-electron chi connectivity index (χ4n) is 1.45. The van der Waals surface area contributed by atoms with Crippen molar-refractivity contribution in [2.24, 2.45) is 0 Å². The number of phosphoric ester groups is 1. The highest BCUT2D eigenvalue weighted by Crippen LogP contribution is 2.55. The van der Waals surface area contributed by atoms with E-state index in [1.807, 2.05) is 0 Å². The van der Waals surface area contributed by atoms with E-state index in [0.29, 0.717) is 5.54 Å². The van der Waals surface area contributed by atoms with Crippen LogP contribution in [0.1, 0.15) is 5.56 Å². The standard InChI is InChI=1S/C14H10Cl3F8O4P/c15-4-10(7-1-2-8(16)9(17)3-7)29-30(26,27-5-13(22,23)11(18)19)28-6-14(24,25)12(20)21/h1-4,11-12H,5-6H2. The van der Waals surface area contributed by atoms with Gasteiger partial charge in [0.15, 0.2) is 0 Å². The summed E-state index contributed by atoms with van der Waals surface area (Å²) in [6.07, 6.45) is -8.60. The van der Waals surface area contributed by atoms with Crippen LogP contribution in [0.4, 0.5) is 35.1 Å². The first kappa shape index (κ1) is 27.3. The molecular weight excluding hydrogens is 521 g/mol. The van der Waals surface area contributed by atoms with Gasteiger partial charge >= 0.3 is 32.5 Å². The lowest BCUT2D eigenvalue weighted by Gasteiger charge is -2.24. The fourth-order valence-corrected chi connectivity index (χ4v) is 3.22. The maximum absolute atomic E-state index is 13.1. The molecule has 0 bridgehead atoms. The van der Waals surface area contributed by atoms with Crippen molar-refractivity contribution in [2.45, 2.75) is 24.7 Å². The zero-order valence-electron chi connectivity index (χ0n) is 14.1. The van der Waals surface area contributed by atoms with E-state index in [-0.39, 0.29) is 15.6 Å². The lowest BCUT2D eigenvalue weighted by atomic mass is 10.2. The monoisotopic (exact) mass is 530 g/mol. The van der Waals surface area contributed by atoms with E-state index in [4.69, 9.17) is 34.8 Å². The van der Waals surface area contributed by atoms with Gasteiger partial charge in [-0.3, -0.25) is 9.05 Å². The molecule has 0 atom stereocenters. The van der Waals surface area contributed by atoms with Gasteiger partial charge in [0.1, 0.15) is 19.0 Å². The third-order valence-electron chi connectivity index (χ3n) is 2.98. The first-order valence-electron chi connectivity index (χ1n) is 7.30. The quantitative estimate of drug-likeness (QED) is 0.169. The van der Waals surface area contributed by atoms with Gasteiger partial charge in [0.05, 0.1) is 10.0 Å². The number of alkyl halides is 8. The summed E-state index contributed by atoms with van der Waals surface area (Å²) < 4.78 is 126. The zero-order valence-corrected chi connectivity index (χ0v) is 17.3. The van der Waals surface area contributed by atoms with Crippen molar-refractivity contribution in [2.75, 3.05) is 13.2 Å². The van der Waals surface area contributed by atoms with E-state index < -0.39 is 51.5 Å². The van der Waals surface area contributed by atoms with Crippen LogP contribution >= 0.6 is 42.6 Å². The van der Waals surface area contributed by atoms with Crippen LogP contribution in [0.3, 0.4) is 0 Å². The van der Waals surface area contributed by atoms with Gasteiger partial charge in [0, 0.05) is 11.1 Å². The van der Waals surface area contributed by atoms with Crippen molar-refractivity contribution in [3.8, 4) is 0 Å². The van der Waals surface area contributed by atoms with Crippen molar-refractivity contribution in [1.29, 1.82) is 0 Å². The molecule has 0 amide bonds. The minimum Gasteiger partial charge on any atom is -0.402 e. The predicted molar refractivity (Wildman–Crippen MR) is 92.8 cm³/mol. The molecule has 1 aromatic carbocycles. The first-order valence-corrected chi connectivity index (χ1v) is 9.95. The van der Waals surface area contributed by atoms with Crippen molar-refractivity contribution in [1.82, 2.24) is 0 Å². The van der Waals surface area contributed by atoms with Gasteiger partial charge in [-0.05, 0) is 18.2 Å². The fraction of sp³-hybridized carbons (Fsp3) is 0.429. The van der Waals surface area contributed by atoms with Gasteiger partial charge in [-0.1, -0.05) is 34.8 Å². The molecule has 0 saturated heterocycles. The molecule has 1 rings (SSSR count). The molecule has 0 aromatic heterocycles. The Morgan fingerprint density at radius 1 is 0.967 bits per heavy atom. The molecule has 0 aliphatic carbocycles. The lowest BCUT2D eigenvalue weighted by molar-refractivity contribution is -0.161. The average molecular weight is 532 g/mol. The van der Waals surface area contributed by atoms with Crippen molar-refractivity contribution in [3.63, 3.8) is 0 Å². The maximum atomic E-state index is 13.1. The SMILES string of the molecule is O=P(OCC(F)(F)C(F)F)(OCC(F)(F)C(F)F)OC(=CCl)c1ccc(Cl)c(Cl)c1. The van der Waals surface area contributed by atoms with Crippen molar-refractivity contribution >= 4 is 48.4 Å². The Bertz CT molecular complexity index is 781. The third-order valence-corrected chi connectivity index (χ3v) is 5.23. The Morgan fingerprint density at radius 3 is 1.80 bits per heavy atom. The Morgan fingerprint density at radius 2 is 1.43 bits per heavy atom. The van der Waals surface area contributed by atoms with Crippen LogP contribution in [0.5, 0.6) is 0 Å². The summed E-state index contributed by atoms with van der Waals surface area (Å²) in [5, 5.41) is -0.0860. The number of rotatable bonds is 11. The normalized spacial score (nSPS) is 14.0. The second kappa shape index (κ2) is 10.7. The molecule has 30 heavy (non-hydrogen) atoms. The molecule has 0 unspecified atom stereocenters. The van der Waals surface area contributed by atoms with Crippen molar-refractivity contribution < 1.29 is 53.3 Å². The van der Waals surface area contributed by atoms with E-state index in [1.54, 1.807) is 0 Å². The minimum absolute atomic E-state index is 0.0261. The Labute approximate surface area is 179 Å². The Hall–Kier alpha value is -0.780. The van der Waals surface area contributed by atoms with Gasteiger partial charge < -0.3 is 4.52 Å². The highest BCUT2D eigenvalue weighted by Gasteiger charge is 2.48. The first-order chi connectivity index (χ1) is 13.6. The minimum atomic E-state index is -5.61. The van der Waals surface area contributed by atoms with Crippen LogP contribution in [0, 0.1) is 0 Å². The molecule has 0 aliphatic heterocycles. The molecule has 0 heterocycles.